The number of carbonyl (C=O) groups is 2. The van der Waals surface area contributed by atoms with Gasteiger partial charge in [0.1, 0.15) is 5.75 Å². The van der Waals surface area contributed by atoms with Crippen molar-refractivity contribution in [3.8, 4) is 5.75 Å². The van der Waals surface area contributed by atoms with Gasteiger partial charge in [-0.3, -0.25) is 9.59 Å². The molecule has 5 nitrogen and oxygen atoms in total. The lowest BCUT2D eigenvalue weighted by molar-refractivity contribution is -0.118. The average molecular weight is 415 g/mol. The molecule has 0 unspecified atom stereocenters. The molecule has 3 aromatic carbocycles. The maximum atomic E-state index is 12.7. The van der Waals surface area contributed by atoms with Crippen molar-refractivity contribution in [1.29, 1.82) is 0 Å². The molecule has 158 valence electrons. The number of anilines is 2. The molecule has 0 spiro atoms. The molecule has 3 aromatic rings. The molecule has 2 amide bonds. The molecule has 0 saturated carbocycles. The summed E-state index contributed by atoms with van der Waals surface area (Å²) >= 11 is 0. The first-order chi connectivity index (χ1) is 15.1. The molecule has 0 fully saturated rings. The van der Waals surface area contributed by atoms with E-state index in [0.29, 0.717) is 18.7 Å². The molecule has 0 heterocycles. The molecule has 0 aromatic heterocycles. The van der Waals surface area contributed by atoms with E-state index in [1.165, 1.54) is 6.08 Å². The second-order valence-corrected chi connectivity index (χ2v) is 6.95. The lowest BCUT2D eigenvalue weighted by atomic mass is 10.1. The van der Waals surface area contributed by atoms with Gasteiger partial charge >= 0.3 is 0 Å². The third-order valence-corrected chi connectivity index (χ3v) is 4.78. The second kappa shape index (κ2) is 10.8. The Morgan fingerprint density at radius 2 is 1.71 bits per heavy atom. The van der Waals surface area contributed by atoms with Crippen LogP contribution in [0, 0.1) is 0 Å². The van der Waals surface area contributed by atoms with Crippen molar-refractivity contribution in [2.45, 2.75) is 13.3 Å². The third kappa shape index (κ3) is 6.31. The van der Waals surface area contributed by atoms with E-state index in [0.717, 1.165) is 22.6 Å². The SMILES string of the molecule is CCN(C(=O)Cc1ccc(NC(=O)C=Cc2cccc(OC)c2)cc1)c1ccccc1. The van der Waals surface area contributed by atoms with Gasteiger partial charge in [-0.25, -0.2) is 0 Å². The molecular weight excluding hydrogens is 388 g/mol. The van der Waals surface area contributed by atoms with Crippen LogP contribution in [0.5, 0.6) is 5.75 Å². The normalized spacial score (nSPS) is 10.6. The largest absolute Gasteiger partial charge is 0.497 e. The van der Waals surface area contributed by atoms with Gasteiger partial charge in [0, 0.05) is 24.0 Å². The van der Waals surface area contributed by atoms with Crippen LogP contribution >= 0.6 is 0 Å². The lowest BCUT2D eigenvalue weighted by Crippen LogP contribution is -2.31. The number of rotatable bonds is 8. The zero-order chi connectivity index (χ0) is 22.1. The van der Waals surface area contributed by atoms with Crippen LogP contribution in [0.25, 0.3) is 6.08 Å². The molecule has 0 aliphatic heterocycles. The standard InChI is InChI=1S/C26H26N2O3/c1-3-28(23-9-5-4-6-10-23)26(30)19-21-12-15-22(16-13-21)27-25(29)17-14-20-8-7-11-24(18-20)31-2/h4-18H,3,19H2,1-2H3,(H,27,29). The summed E-state index contributed by atoms with van der Waals surface area (Å²) in [5.74, 6) is 0.543. The highest BCUT2D eigenvalue weighted by Gasteiger charge is 2.14. The molecule has 0 bridgehead atoms. The van der Waals surface area contributed by atoms with Crippen molar-refractivity contribution in [2.24, 2.45) is 0 Å². The highest BCUT2D eigenvalue weighted by Crippen LogP contribution is 2.17. The minimum atomic E-state index is -0.229. The maximum absolute atomic E-state index is 12.7. The van der Waals surface area contributed by atoms with Crippen molar-refractivity contribution in [1.82, 2.24) is 0 Å². The summed E-state index contributed by atoms with van der Waals surface area (Å²) in [5.41, 5.74) is 3.33. The zero-order valence-electron chi connectivity index (χ0n) is 17.7. The number of hydrogen-bond donors (Lipinski definition) is 1. The molecule has 1 N–H and O–H groups in total. The van der Waals surface area contributed by atoms with Crippen molar-refractivity contribution < 1.29 is 14.3 Å². The summed E-state index contributed by atoms with van der Waals surface area (Å²) in [4.78, 5) is 26.7. The van der Waals surface area contributed by atoms with Gasteiger partial charge in [-0.05, 0) is 60.5 Å². The second-order valence-electron chi connectivity index (χ2n) is 6.95. The minimum Gasteiger partial charge on any atom is -0.497 e. The Morgan fingerprint density at radius 1 is 0.968 bits per heavy atom. The Kier molecular flexibility index (Phi) is 7.60. The number of ether oxygens (including phenoxy) is 1. The highest BCUT2D eigenvalue weighted by atomic mass is 16.5. The van der Waals surface area contributed by atoms with Gasteiger partial charge in [-0.2, -0.15) is 0 Å². The Labute approximate surface area is 183 Å². The first kappa shape index (κ1) is 21.8. The number of para-hydroxylation sites is 1. The van der Waals surface area contributed by atoms with Gasteiger partial charge in [0.25, 0.3) is 0 Å². The number of benzene rings is 3. The monoisotopic (exact) mass is 414 g/mol. The van der Waals surface area contributed by atoms with Crippen LogP contribution in [0.1, 0.15) is 18.1 Å². The van der Waals surface area contributed by atoms with E-state index < -0.39 is 0 Å². The fourth-order valence-corrected chi connectivity index (χ4v) is 3.19. The molecule has 0 radical (unpaired) electrons. The van der Waals surface area contributed by atoms with E-state index >= 15 is 0 Å². The smallest absolute Gasteiger partial charge is 0.248 e. The number of likely N-dealkylation sites (N-methyl/N-ethyl adjacent to an activating group) is 1. The van der Waals surface area contributed by atoms with Gasteiger partial charge in [0.2, 0.25) is 11.8 Å². The van der Waals surface area contributed by atoms with E-state index in [-0.39, 0.29) is 11.8 Å². The van der Waals surface area contributed by atoms with Crippen LogP contribution < -0.4 is 15.0 Å². The minimum absolute atomic E-state index is 0.0340. The summed E-state index contributed by atoms with van der Waals surface area (Å²) in [6.07, 6.45) is 3.51. The van der Waals surface area contributed by atoms with Crippen LogP contribution in [0.2, 0.25) is 0 Å². The average Bonchev–Trinajstić information content (AvgIpc) is 2.80. The van der Waals surface area contributed by atoms with Gasteiger partial charge < -0.3 is 15.0 Å². The molecule has 0 aliphatic rings. The van der Waals surface area contributed by atoms with Gasteiger partial charge in [0.05, 0.1) is 13.5 Å². The molecule has 3 rings (SSSR count). The predicted molar refractivity (Wildman–Crippen MR) is 125 cm³/mol. The Morgan fingerprint density at radius 3 is 2.39 bits per heavy atom. The summed E-state index contributed by atoms with van der Waals surface area (Å²) < 4.78 is 5.18. The Hall–Kier alpha value is -3.86. The highest BCUT2D eigenvalue weighted by molar-refractivity contribution is 6.02. The fraction of sp³-hybridized carbons (Fsp3) is 0.154. The summed E-state index contributed by atoms with van der Waals surface area (Å²) in [7, 11) is 1.61. The van der Waals surface area contributed by atoms with E-state index in [1.54, 1.807) is 30.2 Å². The van der Waals surface area contributed by atoms with Gasteiger partial charge in [-0.1, -0.05) is 42.5 Å². The molecule has 0 atom stereocenters. The van der Waals surface area contributed by atoms with Gasteiger partial charge in [-0.15, -0.1) is 0 Å². The van der Waals surface area contributed by atoms with Crippen molar-refractivity contribution in [3.63, 3.8) is 0 Å². The number of hydrogen-bond acceptors (Lipinski definition) is 3. The molecule has 0 saturated heterocycles. The lowest BCUT2D eigenvalue weighted by Gasteiger charge is -2.21. The van der Waals surface area contributed by atoms with Crippen LogP contribution in [0.3, 0.4) is 0 Å². The van der Waals surface area contributed by atoms with E-state index in [1.807, 2.05) is 73.7 Å². The first-order valence-electron chi connectivity index (χ1n) is 10.2. The van der Waals surface area contributed by atoms with Crippen molar-refractivity contribution in [3.05, 3.63) is 96.1 Å². The van der Waals surface area contributed by atoms with Crippen LogP contribution in [0.15, 0.2) is 84.9 Å². The van der Waals surface area contributed by atoms with E-state index in [9.17, 15) is 9.59 Å². The Balaban J connectivity index is 1.57. The maximum Gasteiger partial charge on any atom is 0.248 e. The van der Waals surface area contributed by atoms with Crippen LogP contribution in [0.4, 0.5) is 11.4 Å². The summed E-state index contributed by atoms with van der Waals surface area (Å²) in [6, 6.07) is 24.4. The number of methoxy groups -OCH3 is 1. The van der Waals surface area contributed by atoms with E-state index in [4.69, 9.17) is 4.74 Å². The quantitative estimate of drug-likeness (QED) is 0.531. The van der Waals surface area contributed by atoms with Crippen LogP contribution in [-0.2, 0) is 16.0 Å². The van der Waals surface area contributed by atoms with E-state index in [2.05, 4.69) is 5.32 Å². The topological polar surface area (TPSA) is 58.6 Å². The molecule has 0 aliphatic carbocycles. The number of carbonyl (C=O) groups excluding carboxylic acids is 2. The predicted octanol–water partition coefficient (Wildman–Crippen LogP) is 4.94. The number of nitrogens with one attached hydrogen (secondary N) is 1. The van der Waals surface area contributed by atoms with Crippen LogP contribution in [-0.4, -0.2) is 25.5 Å². The molecular formula is C26H26N2O3. The fourth-order valence-electron chi connectivity index (χ4n) is 3.19. The molecule has 31 heavy (non-hydrogen) atoms. The summed E-state index contributed by atoms with van der Waals surface area (Å²) in [5, 5.41) is 2.83. The number of amides is 2. The zero-order valence-corrected chi connectivity index (χ0v) is 17.7. The molecule has 5 heteroatoms. The number of nitrogens with zero attached hydrogens (tertiary/aromatic N) is 1. The third-order valence-electron chi connectivity index (χ3n) is 4.78. The summed E-state index contributed by atoms with van der Waals surface area (Å²) in [6.45, 7) is 2.57. The first-order valence-corrected chi connectivity index (χ1v) is 10.2. The van der Waals surface area contributed by atoms with Crippen molar-refractivity contribution >= 4 is 29.3 Å². The Bertz CT molecular complexity index is 1040. The van der Waals surface area contributed by atoms with Gasteiger partial charge in [0.15, 0.2) is 0 Å². The van der Waals surface area contributed by atoms with Crippen molar-refractivity contribution in [2.75, 3.05) is 23.9 Å².